The van der Waals surface area contributed by atoms with Crippen LogP contribution in [0.15, 0.2) is 48.5 Å². The Morgan fingerprint density at radius 2 is 1.79 bits per heavy atom. The summed E-state index contributed by atoms with van der Waals surface area (Å²) in [4.78, 5) is 0. The van der Waals surface area contributed by atoms with Crippen LogP contribution in [-0.2, 0) is 17.9 Å². The molecule has 0 aliphatic rings. The van der Waals surface area contributed by atoms with Gasteiger partial charge in [-0.15, -0.1) is 0 Å². The van der Waals surface area contributed by atoms with Crippen LogP contribution in [-0.4, -0.2) is 0 Å². The number of rotatable bonds is 5. The minimum atomic E-state index is -0.270. The molecule has 3 heteroatoms. The van der Waals surface area contributed by atoms with Crippen molar-refractivity contribution >= 4 is 0 Å². The van der Waals surface area contributed by atoms with Crippen molar-refractivity contribution in [2.45, 2.75) is 26.2 Å². The van der Waals surface area contributed by atoms with Crippen molar-refractivity contribution in [1.82, 2.24) is 0 Å². The van der Waals surface area contributed by atoms with Crippen LogP contribution in [0.5, 0.6) is 0 Å². The first-order valence-corrected chi connectivity index (χ1v) is 6.34. The van der Waals surface area contributed by atoms with E-state index in [0.29, 0.717) is 13.2 Å². The molecule has 0 saturated carbocycles. The monoisotopic (exact) mass is 259 g/mol. The Morgan fingerprint density at radius 1 is 1.11 bits per heavy atom. The maximum Gasteiger partial charge on any atom is 0.123 e. The van der Waals surface area contributed by atoms with E-state index in [0.717, 1.165) is 16.7 Å². The number of halogens is 1. The van der Waals surface area contributed by atoms with E-state index in [1.54, 1.807) is 0 Å². The summed E-state index contributed by atoms with van der Waals surface area (Å²) in [6.45, 7) is 2.69. The Kier molecular flexibility index (Phi) is 4.66. The molecule has 19 heavy (non-hydrogen) atoms. The van der Waals surface area contributed by atoms with E-state index in [1.807, 2.05) is 43.3 Å². The fraction of sp³-hybridized carbons (Fsp3) is 0.250. The zero-order valence-electron chi connectivity index (χ0n) is 11.0. The Hall–Kier alpha value is -1.71. The van der Waals surface area contributed by atoms with Gasteiger partial charge in [-0.2, -0.15) is 0 Å². The molecular weight excluding hydrogens is 241 g/mol. The van der Waals surface area contributed by atoms with Crippen LogP contribution in [0.4, 0.5) is 4.39 Å². The van der Waals surface area contributed by atoms with E-state index in [9.17, 15) is 4.39 Å². The molecule has 0 radical (unpaired) electrons. The summed E-state index contributed by atoms with van der Waals surface area (Å²) in [6, 6.07) is 14.8. The Bertz CT molecular complexity index is 528. The highest BCUT2D eigenvalue weighted by Gasteiger charge is 2.06. The molecule has 2 aromatic carbocycles. The molecule has 0 spiro atoms. The molecule has 100 valence electrons. The first-order chi connectivity index (χ1) is 9.19. The molecule has 0 bridgehead atoms. The van der Waals surface area contributed by atoms with E-state index >= 15 is 0 Å². The molecule has 1 unspecified atom stereocenters. The summed E-state index contributed by atoms with van der Waals surface area (Å²) in [5.74, 6) is -0.270. The third kappa shape index (κ3) is 3.88. The number of hydrogen-bond acceptors (Lipinski definition) is 2. The average molecular weight is 259 g/mol. The highest BCUT2D eigenvalue weighted by atomic mass is 19.1. The lowest BCUT2D eigenvalue weighted by Crippen LogP contribution is -2.03. The van der Waals surface area contributed by atoms with Gasteiger partial charge in [0.15, 0.2) is 0 Å². The van der Waals surface area contributed by atoms with Gasteiger partial charge < -0.3 is 10.5 Å². The van der Waals surface area contributed by atoms with E-state index in [1.165, 1.54) is 12.1 Å². The van der Waals surface area contributed by atoms with Gasteiger partial charge in [-0.3, -0.25) is 0 Å². The van der Waals surface area contributed by atoms with E-state index in [-0.39, 0.29) is 11.9 Å². The number of ether oxygens (including phenoxy) is 1. The van der Waals surface area contributed by atoms with E-state index < -0.39 is 0 Å². The molecule has 0 fully saturated rings. The number of hydrogen-bond donors (Lipinski definition) is 1. The zero-order valence-corrected chi connectivity index (χ0v) is 11.0. The van der Waals surface area contributed by atoms with Gasteiger partial charge in [-0.1, -0.05) is 36.4 Å². The standard InChI is InChI=1S/C16H18FNO/c1-12(15-5-3-2-4-6-15)19-11-14-7-13(10-18)8-16(17)9-14/h2-9,12H,10-11,18H2,1H3. The molecule has 2 N–H and O–H groups in total. The quantitative estimate of drug-likeness (QED) is 0.891. The second kappa shape index (κ2) is 6.45. The van der Waals surface area contributed by atoms with Crippen LogP contribution in [0, 0.1) is 5.82 Å². The van der Waals surface area contributed by atoms with Crippen LogP contribution >= 0.6 is 0 Å². The predicted octanol–water partition coefficient (Wildman–Crippen LogP) is 3.56. The Labute approximate surface area is 113 Å². The van der Waals surface area contributed by atoms with Crippen molar-refractivity contribution in [2.75, 3.05) is 0 Å². The lowest BCUT2D eigenvalue weighted by Gasteiger charge is -2.14. The topological polar surface area (TPSA) is 35.2 Å². The predicted molar refractivity (Wildman–Crippen MR) is 73.9 cm³/mol. The minimum absolute atomic E-state index is 0.0224. The van der Waals surface area contributed by atoms with Gasteiger partial charge in [0.25, 0.3) is 0 Å². The van der Waals surface area contributed by atoms with Gasteiger partial charge >= 0.3 is 0 Å². The lowest BCUT2D eigenvalue weighted by molar-refractivity contribution is 0.0524. The van der Waals surface area contributed by atoms with E-state index in [4.69, 9.17) is 10.5 Å². The van der Waals surface area contributed by atoms with Gasteiger partial charge in [0.05, 0.1) is 12.7 Å². The normalized spacial score (nSPS) is 12.4. The molecule has 0 heterocycles. The van der Waals surface area contributed by atoms with Gasteiger partial charge in [0.2, 0.25) is 0 Å². The maximum atomic E-state index is 13.4. The van der Waals surface area contributed by atoms with Crippen LogP contribution in [0.1, 0.15) is 29.7 Å². The summed E-state index contributed by atoms with van der Waals surface area (Å²) >= 11 is 0. The van der Waals surface area contributed by atoms with Crippen molar-refractivity contribution in [2.24, 2.45) is 5.73 Å². The Morgan fingerprint density at radius 3 is 2.47 bits per heavy atom. The van der Waals surface area contributed by atoms with Crippen molar-refractivity contribution in [3.63, 3.8) is 0 Å². The van der Waals surface area contributed by atoms with Crippen molar-refractivity contribution < 1.29 is 9.13 Å². The smallest absolute Gasteiger partial charge is 0.123 e. The van der Waals surface area contributed by atoms with Crippen molar-refractivity contribution in [1.29, 1.82) is 0 Å². The number of benzene rings is 2. The second-order valence-electron chi connectivity index (χ2n) is 4.54. The summed E-state index contributed by atoms with van der Waals surface area (Å²) in [6.07, 6.45) is -0.0224. The fourth-order valence-electron chi connectivity index (χ4n) is 1.96. The molecule has 1 atom stereocenters. The second-order valence-corrected chi connectivity index (χ2v) is 4.54. The van der Waals surface area contributed by atoms with Crippen LogP contribution < -0.4 is 5.73 Å². The first-order valence-electron chi connectivity index (χ1n) is 6.34. The summed E-state index contributed by atoms with van der Waals surface area (Å²) in [7, 11) is 0. The van der Waals surface area contributed by atoms with Gasteiger partial charge in [0, 0.05) is 6.54 Å². The van der Waals surface area contributed by atoms with Gasteiger partial charge in [-0.05, 0) is 35.7 Å². The van der Waals surface area contributed by atoms with Crippen molar-refractivity contribution in [3.05, 3.63) is 71.0 Å². The molecule has 2 nitrogen and oxygen atoms in total. The molecule has 2 rings (SSSR count). The minimum Gasteiger partial charge on any atom is -0.369 e. The average Bonchev–Trinajstić information content (AvgIpc) is 2.45. The van der Waals surface area contributed by atoms with Crippen molar-refractivity contribution in [3.8, 4) is 0 Å². The highest BCUT2D eigenvalue weighted by Crippen LogP contribution is 2.19. The molecule has 0 saturated heterocycles. The molecule has 2 aromatic rings. The molecule has 0 aromatic heterocycles. The van der Waals surface area contributed by atoms with E-state index in [2.05, 4.69) is 0 Å². The zero-order chi connectivity index (χ0) is 13.7. The summed E-state index contributed by atoms with van der Waals surface area (Å²) in [5, 5.41) is 0. The first kappa shape index (κ1) is 13.7. The van der Waals surface area contributed by atoms with Crippen LogP contribution in [0.25, 0.3) is 0 Å². The lowest BCUT2D eigenvalue weighted by atomic mass is 10.1. The molecular formula is C16H18FNO. The van der Waals surface area contributed by atoms with Gasteiger partial charge in [-0.25, -0.2) is 4.39 Å². The molecule has 0 aliphatic carbocycles. The van der Waals surface area contributed by atoms with Gasteiger partial charge in [0.1, 0.15) is 5.82 Å². The SMILES string of the molecule is CC(OCc1cc(F)cc(CN)c1)c1ccccc1. The van der Waals surface area contributed by atoms with Crippen LogP contribution in [0.2, 0.25) is 0 Å². The Balaban J connectivity index is 2.01. The molecule has 0 aliphatic heterocycles. The third-order valence-electron chi connectivity index (χ3n) is 3.02. The maximum absolute atomic E-state index is 13.4. The summed E-state index contributed by atoms with van der Waals surface area (Å²) in [5.41, 5.74) is 8.23. The number of nitrogens with two attached hydrogens (primary N) is 1. The third-order valence-corrected chi connectivity index (χ3v) is 3.02. The molecule has 0 amide bonds. The fourth-order valence-corrected chi connectivity index (χ4v) is 1.96. The summed E-state index contributed by atoms with van der Waals surface area (Å²) < 4.78 is 19.1. The largest absolute Gasteiger partial charge is 0.369 e. The van der Waals surface area contributed by atoms with Crippen LogP contribution in [0.3, 0.4) is 0 Å². The highest BCUT2D eigenvalue weighted by molar-refractivity contribution is 5.24.